The van der Waals surface area contributed by atoms with Crippen molar-refractivity contribution in [3.8, 4) is 0 Å². The molecule has 2 saturated heterocycles. The van der Waals surface area contributed by atoms with E-state index < -0.39 is 0 Å². The quantitative estimate of drug-likeness (QED) is 0.836. The van der Waals surface area contributed by atoms with Gasteiger partial charge in [-0.3, -0.25) is 9.80 Å². The summed E-state index contributed by atoms with van der Waals surface area (Å²) in [5.41, 5.74) is 1.34. The molecule has 0 radical (unpaired) electrons. The van der Waals surface area contributed by atoms with Gasteiger partial charge in [0, 0.05) is 36.7 Å². The minimum atomic E-state index is 0.702. The van der Waals surface area contributed by atoms with E-state index in [1.54, 1.807) is 0 Å². The van der Waals surface area contributed by atoms with Gasteiger partial charge in [-0.25, -0.2) is 0 Å². The van der Waals surface area contributed by atoms with E-state index in [0.29, 0.717) is 6.04 Å². The molecule has 3 rings (SSSR count). The molecule has 0 bridgehead atoms. The first-order valence-electron chi connectivity index (χ1n) is 7.49. The second kappa shape index (κ2) is 5.82. The maximum Gasteiger partial charge on any atom is 0.0409 e. The number of benzene rings is 1. The predicted molar refractivity (Wildman–Crippen MR) is 80.5 cm³/mol. The molecule has 0 amide bonds. The van der Waals surface area contributed by atoms with Gasteiger partial charge in [-0.2, -0.15) is 0 Å². The van der Waals surface area contributed by atoms with Gasteiger partial charge < -0.3 is 0 Å². The molecule has 2 fully saturated rings. The molecule has 2 heterocycles. The molecule has 2 nitrogen and oxygen atoms in total. The summed E-state index contributed by atoms with van der Waals surface area (Å²) in [5.74, 6) is 0. The fourth-order valence-corrected chi connectivity index (χ4v) is 3.81. The zero-order valence-electron chi connectivity index (χ0n) is 11.7. The molecule has 2 aliphatic rings. The van der Waals surface area contributed by atoms with Gasteiger partial charge in [0.05, 0.1) is 0 Å². The van der Waals surface area contributed by atoms with Crippen LogP contribution in [0.4, 0.5) is 0 Å². The highest BCUT2D eigenvalue weighted by Crippen LogP contribution is 2.27. The van der Waals surface area contributed by atoms with Crippen molar-refractivity contribution in [3.05, 3.63) is 34.9 Å². The molecule has 3 heteroatoms. The molecule has 0 aliphatic carbocycles. The van der Waals surface area contributed by atoms with Gasteiger partial charge in [0.2, 0.25) is 0 Å². The maximum absolute atomic E-state index is 6.10. The van der Waals surface area contributed by atoms with E-state index in [1.807, 2.05) is 6.07 Å². The first-order valence-corrected chi connectivity index (χ1v) is 7.86. The topological polar surface area (TPSA) is 6.48 Å². The van der Waals surface area contributed by atoms with E-state index in [1.165, 1.54) is 44.5 Å². The van der Waals surface area contributed by atoms with Crippen LogP contribution < -0.4 is 0 Å². The molecule has 0 saturated carbocycles. The molecule has 1 aromatic rings. The Labute approximate surface area is 121 Å². The second-order valence-corrected chi connectivity index (χ2v) is 6.35. The third-order valence-electron chi connectivity index (χ3n) is 4.65. The normalized spacial score (nSPS) is 28.5. The molecule has 19 heavy (non-hydrogen) atoms. The monoisotopic (exact) mass is 278 g/mol. The van der Waals surface area contributed by atoms with Gasteiger partial charge in [-0.05, 0) is 43.5 Å². The van der Waals surface area contributed by atoms with Crippen LogP contribution in [0.3, 0.4) is 0 Å². The smallest absolute Gasteiger partial charge is 0.0409 e. The highest BCUT2D eigenvalue weighted by Gasteiger charge is 2.35. The van der Waals surface area contributed by atoms with Crippen molar-refractivity contribution in [2.24, 2.45) is 0 Å². The summed E-state index contributed by atoms with van der Waals surface area (Å²) >= 11 is 6.10. The van der Waals surface area contributed by atoms with Crippen molar-refractivity contribution in [2.45, 2.75) is 44.8 Å². The van der Waals surface area contributed by atoms with Crippen LogP contribution in [-0.4, -0.2) is 41.5 Å². The van der Waals surface area contributed by atoms with Crippen LogP contribution in [-0.2, 0) is 6.54 Å². The van der Waals surface area contributed by atoms with Crippen LogP contribution in [0, 0.1) is 0 Å². The molecule has 2 unspecified atom stereocenters. The molecular weight excluding hydrogens is 256 g/mol. The van der Waals surface area contributed by atoms with Crippen molar-refractivity contribution >= 4 is 11.6 Å². The van der Waals surface area contributed by atoms with Crippen LogP contribution in [0.5, 0.6) is 0 Å². The Hall–Kier alpha value is -0.570. The van der Waals surface area contributed by atoms with Crippen molar-refractivity contribution in [2.75, 3.05) is 19.6 Å². The minimum Gasteiger partial charge on any atom is -0.298 e. The number of nitrogens with zero attached hydrogens (tertiary/aromatic N) is 2. The number of halogens is 1. The third-order valence-corrected chi connectivity index (χ3v) is 4.89. The van der Waals surface area contributed by atoms with Gasteiger partial charge >= 0.3 is 0 Å². The van der Waals surface area contributed by atoms with E-state index in [9.17, 15) is 0 Å². The summed E-state index contributed by atoms with van der Waals surface area (Å²) < 4.78 is 0. The van der Waals surface area contributed by atoms with Gasteiger partial charge in [0.15, 0.2) is 0 Å². The van der Waals surface area contributed by atoms with Crippen LogP contribution in [0.1, 0.15) is 31.7 Å². The summed E-state index contributed by atoms with van der Waals surface area (Å²) in [7, 11) is 0. The average Bonchev–Trinajstić information content (AvgIpc) is 2.85. The molecule has 0 spiro atoms. The van der Waals surface area contributed by atoms with E-state index in [2.05, 4.69) is 34.9 Å². The lowest BCUT2D eigenvalue weighted by atomic mass is 10.0. The van der Waals surface area contributed by atoms with Crippen LogP contribution in [0.25, 0.3) is 0 Å². The molecule has 104 valence electrons. The highest BCUT2D eigenvalue weighted by atomic mass is 35.5. The first kappa shape index (κ1) is 13.4. The Morgan fingerprint density at radius 2 is 2.21 bits per heavy atom. The Morgan fingerprint density at radius 1 is 1.32 bits per heavy atom. The van der Waals surface area contributed by atoms with Crippen molar-refractivity contribution in [3.63, 3.8) is 0 Å². The average molecular weight is 279 g/mol. The number of hydrogen-bond donors (Lipinski definition) is 0. The summed E-state index contributed by atoms with van der Waals surface area (Å²) in [6.45, 7) is 7.15. The molecule has 0 aromatic heterocycles. The SMILES string of the molecule is CCC1CN2CCCC2CN1Cc1cccc(Cl)c1. The van der Waals surface area contributed by atoms with Crippen molar-refractivity contribution in [1.82, 2.24) is 9.80 Å². The predicted octanol–water partition coefficient (Wildman–Crippen LogP) is 3.40. The van der Waals surface area contributed by atoms with E-state index >= 15 is 0 Å². The first-order chi connectivity index (χ1) is 9.26. The Balaban J connectivity index is 1.71. The van der Waals surface area contributed by atoms with E-state index in [-0.39, 0.29) is 0 Å². The van der Waals surface area contributed by atoms with Gasteiger partial charge in [-0.15, -0.1) is 0 Å². The largest absolute Gasteiger partial charge is 0.298 e. The lowest BCUT2D eigenvalue weighted by molar-refractivity contribution is 0.0437. The van der Waals surface area contributed by atoms with Gasteiger partial charge in [0.1, 0.15) is 0 Å². The lowest BCUT2D eigenvalue weighted by Crippen LogP contribution is -2.55. The van der Waals surface area contributed by atoms with Crippen LogP contribution >= 0.6 is 11.6 Å². The summed E-state index contributed by atoms with van der Waals surface area (Å²) in [5, 5.41) is 0.852. The van der Waals surface area contributed by atoms with E-state index in [0.717, 1.165) is 17.6 Å². The highest BCUT2D eigenvalue weighted by molar-refractivity contribution is 6.30. The molecular formula is C16H23ClN2. The summed E-state index contributed by atoms with van der Waals surface area (Å²) in [4.78, 5) is 5.36. The zero-order chi connectivity index (χ0) is 13.2. The Kier molecular flexibility index (Phi) is 4.11. The fourth-order valence-electron chi connectivity index (χ4n) is 3.60. The molecule has 2 aliphatic heterocycles. The third kappa shape index (κ3) is 2.96. The Bertz CT molecular complexity index is 435. The van der Waals surface area contributed by atoms with Crippen LogP contribution in [0.15, 0.2) is 24.3 Å². The summed E-state index contributed by atoms with van der Waals surface area (Å²) in [6.07, 6.45) is 4.00. The lowest BCUT2D eigenvalue weighted by Gasteiger charge is -2.43. The number of fused-ring (bicyclic) bond motifs is 1. The molecule has 0 N–H and O–H groups in total. The fraction of sp³-hybridized carbons (Fsp3) is 0.625. The van der Waals surface area contributed by atoms with Crippen molar-refractivity contribution < 1.29 is 0 Å². The van der Waals surface area contributed by atoms with Gasteiger partial charge in [-0.1, -0.05) is 30.7 Å². The number of piperazine rings is 1. The number of hydrogen-bond acceptors (Lipinski definition) is 2. The van der Waals surface area contributed by atoms with E-state index in [4.69, 9.17) is 11.6 Å². The maximum atomic E-state index is 6.10. The Morgan fingerprint density at radius 3 is 3.00 bits per heavy atom. The van der Waals surface area contributed by atoms with Crippen molar-refractivity contribution in [1.29, 1.82) is 0 Å². The van der Waals surface area contributed by atoms with Crippen LogP contribution in [0.2, 0.25) is 5.02 Å². The second-order valence-electron chi connectivity index (χ2n) is 5.91. The zero-order valence-corrected chi connectivity index (χ0v) is 12.4. The minimum absolute atomic E-state index is 0.702. The number of rotatable bonds is 3. The standard InChI is InChI=1S/C16H23ClN2/c1-2-15-11-18-8-4-7-16(18)12-19(15)10-13-5-3-6-14(17)9-13/h3,5-6,9,15-16H,2,4,7-8,10-12H2,1H3. The van der Waals surface area contributed by atoms with Gasteiger partial charge in [0.25, 0.3) is 0 Å². The summed E-state index contributed by atoms with van der Waals surface area (Å²) in [6, 6.07) is 9.81. The molecule has 2 atom stereocenters. The molecule has 1 aromatic carbocycles.